The van der Waals surface area contributed by atoms with Gasteiger partial charge < -0.3 is 10.1 Å². The summed E-state index contributed by atoms with van der Waals surface area (Å²) >= 11 is 0. The summed E-state index contributed by atoms with van der Waals surface area (Å²) < 4.78 is 32.5. The number of halogens is 2. The van der Waals surface area contributed by atoms with Crippen LogP contribution >= 0.6 is 0 Å². The van der Waals surface area contributed by atoms with E-state index >= 15 is 0 Å². The van der Waals surface area contributed by atoms with Gasteiger partial charge >= 0.3 is 0 Å². The molecule has 0 unspecified atom stereocenters. The number of ether oxygens (including phenoxy) is 1. The molecule has 0 radical (unpaired) electrons. The fourth-order valence-corrected chi connectivity index (χ4v) is 2.90. The van der Waals surface area contributed by atoms with Gasteiger partial charge in [-0.05, 0) is 44.0 Å². The Morgan fingerprint density at radius 2 is 1.94 bits per heavy atom. The van der Waals surface area contributed by atoms with Gasteiger partial charge in [0, 0.05) is 17.8 Å². The van der Waals surface area contributed by atoms with Gasteiger partial charge in [0.2, 0.25) is 5.91 Å². The van der Waals surface area contributed by atoms with Crippen LogP contribution in [0.1, 0.15) is 28.9 Å². The number of amides is 1. The van der Waals surface area contributed by atoms with Crippen molar-refractivity contribution in [3.8, 4) is 11.5 Å². The van der Waals surface area contributed by atoms with Crippen molar-refractivity contribution in [1.82, 2.24) is 9.78 Å². The average molecular weight is 430 g/mol. The minimum Gasteiger partial charge on any atom is -0.457 e. The summed E-state index contributed by atoms with van der Waals surface area (Å²) in [5, 5.41) is 17.6. The van der Waals surface area contributed by atoms with Gasteiger partial charge in [0.15, 0.2) is 0 Å². The molecule has 1 N–H and O–H groups in total. The number of benzene rings is 2. The number of aromatic nitrogens is 2. The lowest BCUT2D eigenvalue weighted by Gasteiger charge is -2.12. The molecule has 3 aromatic rings. The number of rotatable bonds is 7. The molecule has 0 atom stereocenters. The third-order valence-corrected chi connectivity index (χ3v) is 4.47. The quantitative estimate of drug-likeness (QED) is 0.416. The van der Waals surface area contributed by atoms with Crippen LogP contribution in [0.3, 0.4) is 0 Å². The number of hydrogen-bond acceptors (Lipinski definition) is 5. The van der Waals surface area contributed by atoms with Crippen LogP contribution in [-0.2, 0) is 11.3 Å². The summed E-state index contributed by atoms with van der Waals surface area (Å²) in [5.74, 6) is 0.128. The second-order valence-electron chi connectivity index (χ2n) is 7.06. The predicted molar refractivity (Wildman–Crippen MR) is 110 cm³/mol. The molecule has 0 aliphatic heterocycles. The first-order valence-corrected chi connectivity index (χ1v) is 9.29. The first-order chi connectivity index (χ1) is 14.6. The van der Waals surface area contributed by atoms with Crippen molar-refractivity contribution >= 4 is 17.3 Å². The summed E-state index contributed by atoms with van der Waals surface area (Å²) in [6.45, 7) is 4.96. The maximum absolute atomic E-state index is 12.8. The van der Waals surface area contributed by atoms with E-state index < -0.39 is 22.9 Å². The molecule has 2 aromatic carbocycles. The van der Waals surface area contributed by atoms with Crippen LogP contribution in [0.15, 0.2) is 42.5 Å². The number of non-ortho nitro benzene ring substituents is 1. The molecule has 0 bridgehead atoms. The Labute approximate surface area is 176 Å². The van der Waals surface area contributed by atoms with Crippen LogP contribution in [0, 0.1) is 30.9 Å². The smallest absolute Gasteiger partial charge is 0.282 e. The SMILES string of the molecule is Cc1ccc(C)c(Oc2cc(NC(=O)Cn3nc(C(F)F)cc3C)cc([N+](=O)[O-])c2)c1. The first-order valence-electron chi connectivity index (χ1n) is 9.29. The second-order valence-corrected chi connectivity index (χ2v) is 7.06. The summed E-state index contributed by atoms with van der Waals surface area (Å²) in [5.41, 5.74) is 1.63. The Morgan fingerprint density at radius 3 is 2.58 bits per heavy atom. The van der Waals surface area contributed by atoms with Crippen molar-refractivity contribution < 1.29 is 23.2 Å². The summed E-state index contributed by atoms with van der Waals surface area (Å²) in [4.78, 5) is 23.1. The second kappa shape index (κ2) is 8.90. The van der Waals surface area contributed by atoms with E-state index in [1.165, 1.54) is 24.3 Å². The molecule has 0 fully saturated rings. The Balaban J connectivity index is 1.82. The van der Waals surface area contributed by atoms with Crippen molar-refractivity contribution in [1.29, 1.82) is 0 Å². The summed E-state index contributed by atoms with van der Waals surface area (Å²) in [7, 11) is 0. The highest BCUT2D eigenvalue weighted by Crippen LogP contribution is 2.31. The van der Waals surface area contributed by atoms with E-state index in [-0.39, 0.29) is 23.7 Å². The van der Waals surface area contributed by atoms with Gasteiger partial charge in [0.1, 0.15) is 23.7 Å². The number of hydrogen-bond donors (Lipinski definition) is 1. The molecule has 0 aliphatic carbocycles. The molecule has 0 aliphatic rings. The van der Waals surface area contributed by atoms with E-state index in [0.717, 1.165) is 15.8 Å². The van der Waals surface area contributed by atoms with Gasteiger partial charge in [-0.15, -0.1) is 0 Å². The number of carbonyl (C=O) groups is 1. The standard InChI is InChI=1S/C21H20F2N4O4/c1-12-4-5-13(2)19(6-12)31-17-9-15(8-16(10-17)27(29)30)24-20(28)11-26-14(3)7-18(25-26)21(22)23/h4-10,21H,11H2,1-3H3,(H,24,28). The molecule has 0 spiro atoms. The molecule has 3 rings (SSSR count). The van der Waals surface area contributed by atoms with Crippen LogP contribution in [0.2, 0.25) is 0 Å². The van der Waals surface area contributed by atoms with Crippen LogP contribution in [0.5, 0.6) is 11.5 Å². The number of aryl methyl sites for hydroxylation is 3. The third kappa shape index (κ3) is 5.41. The maximum Gasteiger partial charge on any atom is 0.282 e. The molecule has 1 amide bonds. The zero-order valence-electron chi connectivity index (χ0n) is 17.1. The van der Waals surface area contributed by atoms with Crippen LogP contribution in [-0.4, -0.2) is 20.6 Å². The molecule has 10 heteroatoms. The Kier molecular flexibility index (Phi) is 6.28. The molecule has 8 nitrogen and oxygen atoms in total. The van der Waals surface area contributed by atoms with Gasteiger partial charge in [-0.25, -0.2) is 8.78 Å². The Hall–Kier alpha value is -3.82. The van der Waals surface area contributed by atoms with Gasteiger partial charge in [-0.3, -0.25) is 19.6 Å². The van der Waals surface area contributed by atoms with E-state index in [4.69, 9.17) is 4.74 Å². The van der Waals surface area contributed by atoms with Crippen molar-refractivity contribution in [2.24, 2.45) is 0 Å². The van der Waals surface area contributed by atoms with Crippen molar-refractivity contribution in [3.63, 3.8) is 0 Å². The van der Waals surface area contributed by atoms with Crippen LogP contribution in [0.25, 0.3) is 0 Å². The first kappa shape index (κ1) is 21.9. The fraction of sp³-hybridized carbons (Fsp3) is 0.238. The lowest BCUT2D eigenvalue weighted by atomic mass is 10.1. The molecule has 31 heavy (non-hydrogen) atoms. The lowest BCUT2D eigenvalue weighted by Crippen LogP contribution is -2.20. The monoisotopic (exact) mass is 430 g/mol. The minimum absolute atomic E-state index is 0.137. The summed E-state index contributed by atoms with van der Waals surface area (Å²) in [6.07, 6.45) is -2.75. The molecular weight excluding hydrogens is 410 g/mol. The van der Waals surface area contributed by atoms with E-state index in [0.29, 0.717) is 11.4 Å². The molecular formula is C21H20F2N4O4. The Bertz CT molecular complexity index is 1140. The number of nitro groups is 1. The van der Waals surface area contributed by atoms with E-state index in [9.17, 15) is 23.7 Å². The number of anilines is 1. The van der Waals surface area contributed by atoms with E-state index in [1.807, 2.05) is 26.0 Å². The maximum atomic E-state index is 12.8. The predicted octanol–water partition coefficient (Wildman–Crippen LogP) is 5.09. The third-order valence-electron chi connectivity index (χ3n) is 4.47. The topological polar surface area (TPSA) is 99.3 Å². The number of carbonyl (C=O) groups excluding carboxylic acids is 1. The minimum atomic E-state index is -2.75. The van der Waals surface area contributed by atoms with E-state index in [1.54, 1.807) is 13.0 Å². The van der Waals surface area contributed by atoms with E-state index in [2.05, 4.69) is 10.4 Å². The highest BCUT2D eigenvalue weighted by Gasteiger charge is 2.17. The molecule has 0 saturated carbocycles. The number of nitro benzene ring substituents is 1. The zero-order chi connectivity index (χ0) is 22.7. The molecule has 162 valence electrons. The lowest BCUT2D eigenvalue weighted by molar-refractivity contribution is -0.384. The summed E-state index contributed by atoms with van der Waals surface area (Å²) in [6, 6.07) is 10.7. The fourth-order valence-electron chi connectivity index (χ4n) is 2.90. The number of nitrogens with zero attached hydrogens (tertiary/aromatic N) is 3. The average Bonchev–Trinajstić information content (AvgIpc) is 3.05. The van der Waals surface area contributed by atoms with Gasteiger partial charge in [0.25, 0.3) is 12.1 Å². The van der Waals surface area contributed by atoms with Crippen molar-refractivity contribution in [2.75, 3.05) is 5.32 Å². The molecule has 1 heterocycles. The largest absolute Gasteiger partial charge is 0.457 e. The van der Waals surface area contributed by atoms with Crippen LogP contribution < -0.4 is 10.1 Å². The normalized spacial score (nSPS) is 10.9. The van der Waals surface area contributed by atoms with Gasteiger partial charge in [0.05, 0.1) is 16.7 Å². The molecule has 1 aromatic heterocycles. The van der Waals surface area contributed by atoms with Crippen LogP contribution in [0.4, 0.5) is 20.2 Å². The Morgan fingerprint density at radius 1 is 1.19 bits per heavy atom. The van der Waals surface area contributed by atoms with Crippen molar-refractivity contribution in [2.45, 2.75) is 33.7 Å². The molecule has 0 saturated heterocycles. The van der Waals surface area contributed by atoms with Crippen molar-refractivity contribution in [3.05, 3.63) is 75.1 Å². The van der Waals surface area contributed by atoms with Gasteiger partial charge in [-0.2, -0.15) is 5.10 Å². The number of nitrogens with one attached hydrogen (secondary N) is 1. The zero-order valence-corrected chi connectivity index (χ0v) is 17.1. The van der Waals surface area contributed by atoms with Gasteiger partial charge in [-0.1, -0.05) is 12.1 Å². The highest BCUT2D eigenvalue weighted by molar-refractivity contribution is 5.91. The number of alkyl halides is 2. The highest BCUT2D eigenvalue weighted by atomic mass is 19.3.